The van der Waals surface area contributed by atoms with Gasteiger partial charge in [-0.25, -0.2) is 4.98 Å². The molecule has 0 aromatic carbocycles. The lowest BCUT2D eigenvalue weighted by atomic mass is 9.89. The first-order chi connectivity index (χ1) is 9.24. The van der Waals surface area contributed by atoms with E-state index in [1.165, 1.54) is 19.3 Å². The second-order valence-corrected chi connectivity index (χ2v) is 5.78. The maximum absolute atomic E-state index is 12.4. The van der Waals surface area contributed by atoms with E-state index in [-0.39, 0.29) is 5.91 Å². The van der Waals surface area contributed by atoms with Gasteiger partial charge in [0.2, 0.25) is 0 Å². The van der Waals surface area contributed by atoms with Gasteiger partial charge < -0.3 is 14.8 Å². The number of carbonyl (C=O) groups excluding carboxylic acids is 1. The number of hydrogen-bond acceptors (Lipinski definition) is 3. The van der Waals surface area contributed by atoms with Gasteiger partial charge in [-0.2, -0.15) is 0 Å². The molecule has 0 radical (unpaired) electrons. The van der Waals surface area contributed by atoms with E-state index in [2.05, 4.69) is 10.3 Å². The fourth-order valence-corrected chi connectivity index (χ4v) is 3.32. The Morgan fingerprint density at radius 1 is 1.42 bits per heavy atom. The molecule has 2 unspecified atom stereocenters. The zero-order chi connectivity index (χ0) is 13.2. The van der Waals surface area contributed by atoms with Crippen molar-refractivity contribution in [1.82, 2.24) is 19.8 Å². The molecule has 19 heavy (non-hydrogen) atoms. The monoisotopic (exact) mass is 262 g/mol. The molecule has 0 bridgehead atoms. The largest absolute Gasteiger partial charge is 0.340 e. The number of rotatable bonds is 2. The standard InChI is InChI=1S/C14H22N4O/c1-17-9-13(16-10-17)14(19)18-7-3-4-11(8-18)12-5-2-6-15-12/h9-12,15H,2-8H2,1H3. The summed E-state index contributed by atoms with van der Waals surface area (Å²) in [5.41, 5.74) is 0.572. The maximum Gasteiger partial charge on any atom is 0.274 e. The summed E-state index contributed by atoms with van der Waals surface area (Å²) < 4.78 is 1.83. The molecule has 1 amide bonds. The van der Waals surface area contributed by atoms with Crippen LogP contribution in [-0.4, -0.2) is 46.0 Å². The van der Waals surface area contributed by atoms with Gasteiger partial charge in [-0.1, -0.05) is 0 Å². The molecule has 0 spiro atoms. The highest BCUT2D eigenvalue weighted by molar-refractivity contribution is 5.92. The SMILES string of the molecule is Cn1cnc(C(=O)N2CCCC(C3CCCN3)C2)c1. The van der Waals surface area contributed by atoms with Gasteiger partial charge in [0.05, 0.1) is 6.33 Å². The topological polar surface area (TPSA) is 50.2 Å². The summed E-state index contributed by atoms with van der Waals surface area (Å²) in [5.74, 6) is 0.701. The molecule has 1 aromatic rings. The number of imidazole rings is 1. The average Bonchev–Trinajstić information content (AvgIpc) is 3.09. The van der Waals surface area contributed by atoms with Crippen LogP contribution < -0.4 is 5.32 Å². The Balaban J connectivity index is 1.65. The number of hydrogen-bond donors (Lipinski definition) is 1. The second-order valence-electron chi connectivity index (χ2n) is 5.78. The van der Waals surface area contributed by atoms with Crippen molar-refractivity contribution in [3.05, 3.63) is 18.2 Å². The number of nitrogens with one attached hydrogen (secondary N) is 1. The Hall–Kier alpha value is -1.36. The highest BCUT2D eigenvalue weighted by Gasteiger charge is 2.31. The molecule has 104 valence electrons. The van der Waals surface area contributed by atoms with E-state index in [1.807, 2.05) is 16.5 Å². The molecule has 5 nitrogen and oxygen atoms in total. The van der Waals surface area contributed by atoms with Crippen LogP contribution >= 0.6 is 0 Å². The Labute approximate surface area is 114 Å². The van der Waals surface area contributed by atoms with Crippen LogP contribution in [0.3, 0.4) is 0 Å². The minimum absolute atomic E-state index is 0.0864. The average molecular weight is 262 g/mol. The van der Waals surface area contributed by atoms with Gasteiger partial charge in [-0.05, 0) is 38.1 Å². The summed E-state index contributed by atoms with van der Waals surface area (Å²) >= 11 is 0. The molecular formula is C14H22N4O. The summed E-state index contributed by atoms with van der Waals surface area (Å²) in [5, 5.41) is 3.57. The molecule has 1 aromatic heterocycles. The van der Waals surface area contributed by atoms with Gasteiger partial charge in [-0.15, -0.1) is 0 Å². The smallest absolute Gasteiger partial charge is 0.274 e. The van der Waals surface area contributed by atoms with E-state index < -0.39 is 0 Å². The zero-order valence-electron chi connectivity index (χ0n) is 11.5. The van der Waals surface area contributed by atoms with E-state index in [0.717, 1.165) is 26.1 Å². The third kappa shape index (κ3) is 2.66. The van der Waals surface area contributed by atoms with Gasteiger partial charge in [0.1, 0.15) is 5.69 Å². The van der Waals surface area contributed by atoms with Crippen molar-refractivity contribution in [2.24, 2.45) is 13.0 Å². The first-order valence-electron chi connectivity index (χ1n) is 7.24. The van der Waals surface area contributed by atoms with Crippen LogP contribution in [0.2, 0.25) is 0 Å². The molecule has 1 N–H and O–H groups in total. The molecule has 3 heterocycles. The first-order valence-corrected chi connectivity index (χ1v) is 7.24. The van der Waals surface area contributed by atoms with Crippen LogP contribution in [0.5, 0.6) is 0 Å². The van der Waals surface area contributed by atoms with Crippen molar-refractivity contribution in [3.8, 4) is 0 Å². The molecule has 2 aliphatic heterocycles. The highest BCUT2D eigenvalue weighted by Crippen LogP contribution is 2.25. The van der Waals surface area contributed by atoms with E-state index >= 15 is 0 Å². The lowest BCUT2D eigenvalue weighted by Gasteiger charge is -2.35. The van der Waals surface area contributed by atoms with Crippen LogP contribution in [-0.2, 0) is 7.05 Å². The van der Waals surface area contributed by atoms with Gasteiger partial charge in [0.15, 0.2) is 0 Å². The molecule has 5 heteroatoms. The first kappa shape index (κ1) is 12.7. The van der Waals surface area contributed by atoms with E-state index in [0.29, 0.717) is 17.7 Å². The van der Waals surface area contributed by atoms with Gasteiger partial charge >= 0.3 is 0 Å². The lowest BCUT2D eigenvalue weighted by molar-refractivity contribution is 0.0645. The molecule has 0 saturated carbocycles. The van der Waals surface area contributed by atoms with Crippen LogP contribution in [0, 0.1) is 5.92 Å². The molecule has 2 atom stereocenters. The molecule has 2 saturated heterocycles. The molecule has 2 aliphatic rings. The number of aromatic nitrogens is 2. The van der Waals surface area contributed by atoms with Crippen LogP contribution in [0.25, 0.3) is 0 Å². The minimum Gasteiger partial charge on any atom is -0.340 e. The minimum atomic E-state index is 0.0864. The molecular weight excluding hydrogens is 240 g/mol. The third-order valence-electron chi connectivity index (χ3n) is 4.34. The van der Waals surface area contributed by atoms with Crippen molar-refractivity contribution >= 4 is 5.91 Å². The Morgan fingerprint density at radius 2 is 2.32 bits per heavy atom. The Kier molecular flexibility index (Phi) is 3.55. The summed E-state index contributed by atoms with van der Waals surface area (Å²) in [6.07, 6.45) is 8.38. The van der Waals surface area contributed by atoms with Gasteiger partial charge in [0, 0.05) is 32.4 Å². The normalized spacial score (nSPS) is 27.7. The zero-order valence-corrected chi connectivity index (χ0v) is 11.5. The number of nitrogens with zero attached hydrogens (tertiary/aromatic N) is 3. The highest BCUT2D eigenvalue weighted by atomic mass is 16.2. The van der Waals surface area contributed by atoms with Gasteiger partial charge in [0.25, 0.3) is 5.91 Å². The maximum atomic E-state index is 12.4. The second kappa shape index (κ2) is 5.33. The number of piperidine rings is 1. The van der Waals surface area contributed by atoms with Crippen molar-refractivity contribution in [2.45, 2.75) is 31.7 Å². The summed E-state index contributed by atoms with van der Waals surface area (Å²) in [4.78, 5) is 18.6. The number of likely N-dealkylation sites (tertiary alicyclic amines) is 1. The molecule has 3 rings (SSSR count). The number of carbonyl (C=O) groups is 1. The van der Waals surface area contributed by atoms with Crippen molar-refractivity contribution in [2.75, 3.05) is 19.6 Å². The molecule has 2 fully saturated rings. The third-order valence-corrected chi connectivity index (χ3v) is 4.34. The van der Waals surface area contributed by atoms with Crippen molar-refractivity contribution in [3.63, 3.8) is 0 Å². The predicted octanol–water partition coefficient (Wildman–Crippen LogP) is 1.02. The van der Waals surface area contributed by atoms with Crippen molar-refractivity contribution < 1.29 is 4.79 Å². The Morgan fingerprint density at radius 3 is 3.00 bits per heavy atom. The van der Waals surface area contributed by atoms with Crippen molar-refractivity contribution in [1.29, 1.82) is 0 Å². The summed E-state index contributed by atoms with van der Waals surface area (Å²) in [7, 11) is 1.89. The van der Waals surface area contributed by atoms with Crippen LogP contribution in [0.15, 0.2) is 12.5 Å². The van der Waals surface area contributed by atoms with E-state index in [1.54, 1.807) is 12.5 Å². The van der Waals surface area contributed by atoms with Gasteiger partial charge in [-0.3, -0.25) is 4.79 Å². The van der Waals surface area contributed by atoms with Crippen LogP contribution in [0.4, 0.5) is 0 Å². The predicted molar refractivity (Wildman–Crippen MR) is 72.9 cm³/mol. The fraction of sp³-hybridized carbons (Fsp3) is 0.714. The fourth-order valence-electron chi connectivity index (χ4n) is 3.32. The quantitative estimate of drug-likeness (QED) is 0.866. The summed E-state index contributed by atoms with van der Waals surface area (Å²) in [6, 6.07) is 0.610. The van der Waals surface area contributed by atoms with Crippen LogP contribution in [0.1, 0.15) is 36.2 Å². The molecule has 0 aliphatic carbocycles. The summed E-state index contributed by atoms with van der Waals surface area (Å²) in [6.45, 7) is 2.89. The van der Waals surface area contributed by atoms with E-state index in [4.69, 9.17) is 0 Å². The lowest BCUT2D eigenvalue weighted by Crippen LogP contribution is -2.46. The Bertz CT molecular complexity index is 450. The number of aryl methyl sites for hydroxylation is 1. The van der Waals surface area contributed by atoms with E-state index in [9.17, 15) is 4.79 Å². The number of amides is 1.